The number of fused-ring (bicyclic) bond motifs is 1. The van der Waals surface area contributed by atoms with E-state index in [4.69, 9.17) is 0 Å². The van der Waals surface area contributed by atoms with E-state index < -0.39 is 0 Å². The van der Waals surface area contributed by atoms with E-state index in [2.05, 4.69) is 27.6 Å². The highest BCUT2D eigenvalue weighted by atomic mass is 32.1. The van der Waals surface area contributed by atoms with Crippen molar-refractivity contribution in [1.29, 1.82) is 0 Å². The van der Waals surface area contributed by atoms with Gasteiger partial charge in [0.15, 0.2) is 0 Å². The molecule has 0 bridgehead atoms. The molecule has 3 aromatic heterocycles. The van der Waals surface area contributed by atoms with Crippen LogP contribution in [0.15, 0.2) is 53.4 Å². The summed E-state index contributed by atoms with van der Waals surface area (Å²) in [5, 5.41) is 8.19. The fraction of sp³-hybridized carbons (Fsp3) is 0.150. The summed E-state index contributed by atoms with van der Waals surface area (Å²) in [5.74, 6) is -0.0766. The van der Waals surface area contributed by atoms with Gasteiger partial charge in [-0.1, -0.05) is 6.92 Å². The normalized spacial score (nSPS) is 11.0. The molecule has 130 valence electrons. The van der Waals surface area contributed by atoms with E-state index in [9.17, 15) is 4.79 Å². The first-order valence-electron chi connectivity index (χ1n) is 8.38. The predicted molar refractivity (Wildman–Crippen MR) is 108 cm³/mol. The van der Waals surface area contributed by atoms with Crippen LogP contribution in [-0.4, -0.2) is 15.9 Å². The lowest BCUT2D eigenvalue weighted by molar-refractivity contribution is 0.0951. The highest BCUT2D eigenvalue weighted by Crippen LogP contribution is 2.24. The summed E-state index contributed by atoms with van der Waals surface area (Å²) in [7, 11) is 0. The molecule has 0 aliphatic rings. The van der Waals surface area contributed by atoms with E-state index in [1.807, 2.05) is 41.8 Å². The van der Waals surface area contributed by atoms with Gasteiger partial charge < -0.3 is 5.32 Å². The molecule has 0 saturated carbocycles. The molecule has 0 radical (unpaired) electrons. The molecule has 1 aromatic carbocycles. The SMILES string of the molecule is CCc1nc2ccc(C(=O)NCc3ccnc(-c4ccsc4)c3)cc2s1. The molecule has 0 fully saturated rings. The number of aromatic nitrogens is 2. The largest absolute Gasteiger partial charge is 0.348 e. The predicted octanol–water partition coefficient (Wildman–Crippen LogP) is 4.91. The number of rotatable bonds is 5. The van der Waals surface area contributed by atoms with Crippen molar-refractivity contribution in [2.45, 2.75) is 19.9 Å². The first-order chi connectivity index (χ1) is 12.7. The third-order valence-corrected chi connectivity index (χ3v) is 5.94. The Morgan fingerprint density at radius 2 is 2.12 bits per heavy atom. The second kappa shape index (κ2) is 7.35. The smallest absolute Gasteiger partial charge is 0.251 e. The topological polar surface area (TPSA) is 54.9 Å². The van der Waals surface area contributed by atoms with Crippen LogP contribution in [0.2, 0.25) is 0 Å². The molecule has 0 aliphatic heterocycles. The minimum Gasteiger partial charge on any atom is -0.348 e. The number of pyridine rings is 1. The Bertz CT molecular complexity index is 1050. The molecule has 0 atom stereocenters. The van der Waals surface area contributed by atoms with Gasteiger partial charge in [-0.15, -0.1) is 11.3 Å². The maximum absolute atomic E-state index is 12.5. The summed E-state index contributed by atoms with van der Waals surface area (Å²) < 4.78 is 1.05. The number of amides is 1. The second-order valence-electron chi connectivity index (χ2n) is 5.89. The van der Waals surface area contributed by atoms with E-state index in [1.54, 1.807) is 28.9 Å². The standard InChI is InChI=1S/C20H17N3OS2/c1-2-19-23-16-4-3-14(10-18(16)26-19)20(24)22-11-13-5-7-21-17(9-13)15-6-8-25-12-15/h3-10,12H,2,11H2,1H3,(H,22,24). The van der Waals surface area contributed by atoms with E-state index in [0.29, 0.717) is 12.1 Å². The summed E-state index contributed by atoms with van der Waals surface area (Å²) in [6.07, 6.45) is 2.69. The summed E-state index contributed by atoms with van der Waals surface area (Å²) in [6.45, 7) is 2.56. The van der Waals surface area contributed by atoms with Gasteiger partial charge in [-0.25, -0.2) is 4.98 Å². The minimum atomic E-state index is -0.0766. The van der Waals surface area contributed by atoms with E-state index >= 15 is 0 Å². The number of hydrogen-bond acceptors (Lipinski definition) is 5. The molecule has 1 amide bonds. The highest BCUT2D eigenvalue weighted by molar-refractivity contribution is 7.18. The Kier molecular flexibility index (Phi) is 4.77. The van der Waals surface area contributed by atoms with E-state index in [-0.39, 0.29) is 5.91 Å². The van der Waals surface area contributed by atoms with Crippen LogP contribution in [0.4, 0.5) is 0 Å². The Morgan fingerprint density at radius 3 is 2.92 bits per heavy atom. The fourth-order valence-electron chi connectivity index (χ4n) is 2.70. The van der Waals surface area contributed by atoms with Crippen molar-refractivity contribution in [1.82, 2.24) is 15.3 Å². The van der Waals surface area contributed by atoms with Crippen LogP contribution in [0.25, 0.3) is 21.5 Å². The molecular formula is C20H17N3OS2. The molecule has 4 aromatic rings. The van der Waals surface area contributed by atoms with Crippen LogP contribution in [0.1, 0.15) is 27.9 Å². The lowest BCUT2D eigenvalue weighted by Crippen LogP contribution is -2.22. The van der Waals surface area contributed by atoms with Gasteiger partial charge in [0.2, 0.25) is 0 Å². The first kappa shape index (κ1) is 16.9. The molecular weight excluding hydrogens is 362 g/mol. The number of aryl methyl sites for hydroxylation is 1. The Morgan fingerprint density at radius 1 is 1.19 bits per heavy atom. The average molecular weight is 380 g/mol. The monoisotopic (exact) mass is 379 g/mol. The zero-order chi connectivity index (χ0) is 17.9. The lowest BCUT2D eigenvalue weighted by atomic mass is 10.1. The molecule has 0 saturated heterocycles. The minimum absolute atomic E-state index is 0.0766. The van der Waals surface area contributed by atoms with Gasteiger partial charge in [0, 0.05) is 29.2 Å². The molecule has 1 N–H and O–H groups in total. The van der Waals surface area contributed by atoms with Crippen LogP contribution < -0.4 is 5.32 Å². The second-order valence-corrected chi connectivity index (χ2v) is 7.78. The first-order valence-corrected chi connectivity index (χ1v) is 10.1. The molecule has 26 heavy (non-hydrogen) atoms. The van der Waals surface area contributed by atoms with Gasteiger partial charge in [0.25, 0.3) is 5.91 Å². The zero-order valence-corrected chi connectivity index (χ0v) is 15.9. The number of nitrogens with one attached hydrogen (secondary N) is 1. The van der Waals surface area contributed by atoms with Gasteiger partial charge in [0.1, 0.15) is 0 Å². The summed E-state index contributed by atoms with van der Waals surface area (Å²) >= 11 is 3.29. The third-order valence-electron chi connectivity index (χ3n) is 4.09. The maximum Gasteiger partial charge on any atom is 0.251 e. The quantitative estimate of drug-likeness (QED) is 0.536. The van der Waals surface area contributed by atoms with Crippen molar-refractivity contribution in [2.24, 2.45) is 0 Å². The molecule has 4 nitrogen and oxygen atoms in total. The average Bonchev–Trinajstić information content (AvgIpc) is 3.35. The Labute approximate surface area is 159 Å². The summed E-state index contributed by atoms with van der Waals surface area (Å²) in [6, 6.07) is 11.7. The summed E-state index contributed by atoms with van der Waals surface area (Å²) in [4.78, 5) is 21.5. The van der Waals surface area contributed by atoms with Crippen molar-refractivity contribution in [3.05, 3.63) is 69.5 Å². The summed E-state index contributed by atoms with van der Waals surface area (Å²) in [5.41, 5.74) is 4.68. The number of thiophene rings is 1. The number of thiazole rings is 1. The van der Waals surface area contributed by atoms with Crippen molar-refractivity contribution in [3.63, 3.8) is 0 Å². The van der Waals surface area contributed by atoms with Crippen LogP contribution in [-0.2, 0) is 13.0 Å². The van der Waals surface area contributed by atoms with Gasteiger partial charge in [-0.3, -0.25) is 9.78 Å². The van der Waals surface area contributed by atoms with Gasteiger partial charge in [-0.2, -0.15) is 11.3 Å². The number of carbonyl (C=O) groups excluding carboxylic acids is 1. The number of benzene rings is 1. The van der Waals surface area contributed by atoms with E-state index in [0.717, 1.165) is 38.5 Å². The van der Waals surface area contributed by atoms with Gasteiger partial charge >= 0.3 is 0 Å². The zero-order valence-electron chi connectivity index (χ0n) is 14.2. The molecule has 0 unspecified atom stereocenters. The molecule has 3 heterocycles. The number of hydrogen-bond donors (Lipinski definition) is 1. The highest BCUT2D eigenvalue weighted by Gasteiger charge is 2.09. The lowest BCUT2D eigenvalue weighted by Gasteiger charge is -2.07. The molecule has 4 rings (SSSR count). The fourth-order valence-corrected chi connectivity index (χ4v) is 4.30. The van der Waals surface area contributed by atoms with Crippen LogP contribution in [0.3, 0.4) is 0 Å². The van der Waals surface area contributed by atoms with E-state index in [1.165, 1.54) is 0 Å². The Hall–Kier alpha value is -2.57. The van der Waals surface area contributed by atoms with Gasteiger partial charge in [0.05, 0.1) is 20.9 Å². The van der Waals surface area contributed by atoms with Crippen LogP contribution in [0.5, 0.6) is 0 Å². The van der Waals surface area contributed by atoms with Crippen molar-refractivity contribution < 1.29 is 4.79 Å². The van der Waals surface area contributed by atoms with Crippen molar-refractivity contribution in [2.75, 3.05) is 0 Å². The maximum atomic E-state index is 12.5. The van der Waals surface area contributed by atoms with Crippen molar-refractivity contribution in [3.8, 4) is 11.3 Å². The number of carbonyl (C=O) groups is 1. The Balaban J connectivity index is 1.48. The van der Waals surface area contributed by atoms with Gasteiger partial charge in [-0.05, 0) is 53.8 Å². The van der Waals surface area contributed by atoms with Crippen molar-refractivity contribution >= 4 is 38.8 Å². The van der Waals surface area contributed by atoms with Crippen LogP contribution in [0, 0.1) is 0 Å². The third kappa shape index (κ3) is 3.52. The molecule has 0 aliphatic carbocycles. The molecule has 0 spiro atoms. The number of nitrogens with zero attached hydrogens (tertiary/aromatic N) is 2. The molecule has 6 heteroatoms. The van der Waals surface area contributed by atoms with Crippen LogP contribution >= 0.6 is 22.7 Å².